The molecule has 1 aromatic carbocycles. The van der Waals surface area contributed by atoms with Gasteiger partial charge >= 0.3 is 12.4 Å². The van der Waals surface area contributed by atoms with Crippen LogP contribution in [0, 0.1) is 6.92 Å². The van der Waals surface area contributed by atoms with Gasteiger partial charge in [-0.3, -0.25) is 9.78 Å². The van der Waals surface area contributed by atoms with Crippen LogP contribution >= 0.6 is 0 Å². The SMILES string of the molecule is Cc1ncccc1-c1cc(N2CCN(C)CC2)ncc1C(=O)N(C)Cc1cc(C(F)(F)F)cc(C(F)(F)F)c1. The maximum Gasteiger partial charge on any atom is 0.416 e. The lowest BCUT2D eigenvalue weighted by Crippen LogP contribution is -2.44. The number of pyridine rings is 2. The van der Waals surface area contributed by atoms with Gasteiger partial charge in [-0.2, -0.15) is 26.3 Å². The van der Waals surface area contributed by atoms with E-state index in [0.29, 0.717) is 34.8 Å². The standard InChI is InChI=1S/C27H27F6N5O/c1-17-21(5-4-6-34-17)22-14-24(38-9-7-36(2)8-10-38)35-15-23(22)25(39)37(3)16-18-11-19(26(28,29)30)13-20(12-18)27(31,32)33/h4-6,11-15H,7-10,16H2,1-3H3. The van der Waals surface area contributed by atoms with Crippen LogP contribution in [-0.4, -0.2) is 65.9 Å². The number of carbonyl (C=O) groups is 1. The van der Waals surface area contributed by atoms with E-state index in [2.05, 4.69) is 19.8 Å². The van der Waals surface area contributed by atoms with Crippen LogP contribution in [0.25, 0.3) is 11.1 Å². The summed E-state index contributed by atoms with van der Waals surface area (Å²) in [6, 6.07) is 6.61. The molecule has 0 bridgehead atoms. The van der Waals surface area contributed by atoms with E-state index in [1.54, 1.807) is 31.3 Å². The fraction of sp³-hybridized carbons (Fsp3) is 0.370. The van der Waals surface area contributed by atoms with Crippen molar-refractivity contribution in [3.05, 3.63) is 76.7 Å². The second-order valence-electron chi connectivity index (χ2n) is 9.59. The number of benzene rings is 1. The van der Waals surface area contributed by atoms with Crippen LogP contribution in [0.1, 0.15) is 32.7 Å². The van der Waals surface area contributed by atoms with E-state index in [4.69, 9.17) is 0 Å². The van der Waals surface area contributed by atoms with Gasteiger partial charge < -0.3 is 14.7 Å². The van der Waals surface area contributed by atoms with Crippen LogP contribution in [-0.2, 0) is 18.9 Å². The molecule has 0 N–H and O–H groups in total. The van der Waals surface area contributed by atoms with Crippen molar-refractivity contribution < 1.29 is 31.1 Å². The third kappa shape index (κ3) is 6.49. The zero-order chi connectivity index (χ0) is 28.5. The highest BCUT2D eigenvalue weighted by atomic mass is 19.4. The molecule has 0 atom stereocenters. The molecule has 1 fully saturated rings. The number of hydrogen-bond donors (Lipinski definition) is 0. The quantitative estimate of drug-likeness (QED) is 0.392. The normalized spacial score (nSPS) is 14.9. The van der Waals surface area contributed by atoms with E-state index >= 15 is 0 Å². The van der Waals surface area contributed by atoms with Crippen molar-refractivity contribution >= 4 is 11.7 Å². The first kappa shape index (κ1) is 28.3. The lowest BCUT2D eigenvalue weighted by molar-refractivity contribution is -0.143. The van der Waals surface area contributed by atoms with E-state index in [0.717, 1.165) is 31.1 Å². The topological polar surface area (TPSA) is 52.6 Å². The zero-order valence-corrected chi connectivity index (χ0v) is 21.6. The fourth-order valence-corrected chi connectivity index (χ4v) is 4.48. The number of nitrogens with zero attached hydrogens (tertiary/aromatic N) is 5. The number of rotatable bonds is 5. The summed E-state index contributed by atoms with van der Waals surface area (Å²) in [5.74, 6) is 0.0601. The van der Waals surface area contributed by atoms with Gasteiger partial charge in [-0.15, -0.1) is 0 Å². The summed E-state index contributed by atoms with van der Waals surface area (Å²) in [5.41, 5.74) is -1.15. The zero-order valence-electron chi connectivity index (χ0n) is 21.6. The van der Waals surface area contributed by atoms with Gasteiger partial charge in [0.05, 0.1) is 16.7 Å². The van der Waals surface area contributed by atoms with Crippen LogP contribution in [0.3, 0.4) is 0 Å². The third-order valence-corrected chi connectivity index (χ3v) is 6.66. The van der Waals surface area contributed by atoms with Crippen LogP contribution in [0.4, 0.5) is 32.2 Å². The Morgan fingerprint density at radius 2 is 1.54 bits per heavy atom. The number of piperazine rings is 1. The first-order valence-electron chi connectivity index (χ1n) is 12.1. The Hall–Kier alpha value is -3.67. The fourth-order valence-electron chi connectivity index (χ4n) is 4.48. The average Bonchev–Trinajstić information content (AvgIpc) is 2.87. The Kier molecular flexibility index (Phi) is 7.87. The molecule has 6 nitrogen and oxygen atoms in total. The number of halogens is 6. The second-order valence-corrected chi connectivity index (χ2v) is 9.59. The minimum absolute atomic E-state index is 0.0651. The molecular weight excluding hydrogens is 524 g/mol. The van der Waals surface area contributed by atoms with Crippen molar-refractivity contribution in [2.24, 2.45) is 0 Å². The van der Waals surface area contributed by atoms with Gasteiger partial charge in [-0.1, -0.05) is 6.07 Å². The molecule has 0 radical (unpaired) electrons. The minimum Gasteiger partial charge on any atom is -0.354 e. The molecule has 0 spiro atoms. The Labute approximate surface area is 221 Å². The van der Waals surface area contributed by atoms with Gasteiger partial charge in [0.15, 0.2) is 0 Å². The number of aryl methyl sites for hydroxylation is 1. The predicted octanol–water partition coefficient (Wildman–Crippen LogP) is 5.51. The molecule has 1 aliphatic rings. The van der Waals surface area contributed by atoms with Gasteiger partial charge in [0, 0.05) is 69.0 Å². The average molecular weight is 552 g/mol. The van der Waals surface area contributed by atoms with E-state index in [1.807, 2.05) is 7.05 Å². The molecule has 0 aliphatic carbocycles. The lowest BCUT2D eigenvalue weighted by atomic mass is 9.99. The highest BCUT2D eigenvalue weighted by Gasteiger charge is 2.37. The molecule has 4 rings (SSSR count). The number of likely N-dealkylation sites (N-methyl/N-ethyl adjacent to an activating group) is 1. The van der Waals surface area contributed by atoms with Crippen LogP contribution < -0.4 is 4.90 Å². The van der Waals surface area contributed by atoms with E-state index < -0.39 is 35.9 Å². The molecule has 3 heterocycles. The number of hydrogen-bond acceptors (Lipinski definition) is 5. The van der Waals surface area contributed by atoms with Crippen molar-refractivity contribution in [3.63, 3.8) is 0 Å². The minimum atomic E-state index is -4.98. The number of amides is 1. The summed E-state index contributed by atoms with van der Waals surface area (Å²) in [5, 5.41) is 0. The molecule has 12 heteroatoms. The van der Waals surface area contributed by atoms with Crippen LogP contribution in [0.15, 0.2) is 48.8 Å². The van der Waals surface area contributed by atoms with Gasteiger partial charge in [-0.05, 0) is 49.9 Å². The van der Waals surface area contributed by atoms with Gasteiger partial charge in [0.2, 0.25) is 0 Å². The second kappa shape index (κ2) is 10.8. The van der Waals surface area contributed by atoms with Gasteiger partial charge in [0.25, 0.3) is 5.91 Å². The summed E-state index contributed by atoms with van der Waals surface area (Å²) in [6.07, 6.45) is -6.94. The maximum atomic E-state index is 13.5. The first-order chi connectivity index (χ1) is 18.2. The number of aromatic nitrogens is 2. The van der Waals surface area contributed by atoms with E-state index in [9.17, 15) is 31.1 Å². The summed E-state index contributed by atoms with van der Waals surface area (Å²) >= 11 is 0. The molecule has 2 aromatic heterocycles. The van der Waals surface area contributed by atoms with Crippen molar-refractivity contribution in [1.82, 2.24) is 19.8 Å². The van der Waals surface area contributed by atoms with E-state index in [-0.39, 0.29) is 17.2 Å². The van der Waals surface area contributed by atoms with Crippen LogP contribution in [0.2, 0.25) is 0 Å². The molecule has 0 unspecified atom stereocenters. The number of carbonyl (C=O) groups excluding carboxylic acids is 1. The number of alkyl halides is 6. The summed E-state index contributed by atoms with van der Waals surface area (Å²) < 4.78 is 79.9. The Bertz CT molecular complexity index is 1320. The van der Waals surface area contributed by atoms with Crippen molar-refractivity contribution in [2.75, 3.05) is 45.2 Å². The Morgan fingerprint density at radius 3 is 2.10 bits per heavy atom. The van der Waals surface area contributed by atoms with Crippen molar-refractivity contribution in [1.29, 1.82) is 0 Å². The van der Waals surface area contributed by atoms with Gasteiger partial charge in [-0.25, -0.2) is 4.98 Å². The summed E-state index contributed by atoms with van der Waals surface area (Å²) in [6.45, 7) is 4.45. The molecule has 1 aliphatic heterocycles. The Morgan fingerprint density at radius 1 is 0.923 bits per heavy atom. The smallest absolute Gasteiger partial charge is 0.354 e. The number of anilines is 1. The molecule has 1 amide bonds. The maximum absolute atomic E-state index is 13.5. The lowest BCUT2D eigenvalue weighted by Gasteiger charge is -2.33. The van der Waals surface area contributed by atoms with Crippen molar-refractivity contribution in [3.8, 4) is 11.1 Å². The molecule has 3 aromatic rings. The van der Waals surface area contributed by atoms with Gasteiger partial charge in [0.1, 0.15) is 5.82 Å². The highest BCUT2D eigenvalue weighted by Crippen LogP contribution is 2.37. The predicted molar refractivity (Wildman–Crippen MR) is 134 cm³/mol. The monoisotopic (exact) mass is 551 g/mol. The van der Waals surface area contributed by atoms with Crippen molar-refractivity contribution in [2.45, 2.75) is 25.8 Å². The molecule has 0 saturated carbocycles. The van der Waals surface area contributed by atoms with E-state index in [1.165, 1.54) is 13.2 Å². The van der Waals surface area contributed by atoms with Crippen LogP contribution in [0.5, 0.6) is 0 Å². The molecule has 39 heavy (non-hydrogen) atoms. The summed E-state index contributed by atoms with van der Waals surface area (Å²) in [7, 11) is 3.35. The molecule has 208 valence electrons. The highest BCUT2D eigenvalue weighted by molar-refractivity contribution is 6.01. The largest absolute Gasteiger partial charge is 0.416 e. The third-order valence-electron chi connectivity index (χ3n) is 6.66. The molecular formula is C27H27F6N5O. The first-order valence-corrected chi connectivity index (χ1v) is 12.1. The Balaban J connectivity index is 1.70. The summed E-state index contributed by atoms with van der Waals surface area (Å²) in [4.78, 5) is 27.7. The molecule has 1 saturated heterocycles.